The molecule has 1 fully saturated rings. The number of benzene rings is 2. The second-order valence-electron chi connectivity index (χ2n) is 8.88. The Labute approximate surface area is 210 Å². The molecular formula is C27H33FN4O2S. The first-order chi connectivity index (χ1) is 17.0. The summed E-state index contributed by atoms with van der Waals surface area (Å²) in [5.74, 6) is -0.194. The third kappa shape index (κ3) is 6.30. The normalized spacial score (nSPS) is 13.5. The van der Waals surface area contributed by atoms with Crippen LogP contribution in [0.25, 0.3) is 10.9 Å². The van der Waals surface area contributed by atoms with Crippen molar-refractivity contribution in [2.45, 2.75) is 57.4 Å². The molecule has 1 aliphatic carbocycles. The lowest BCUT2D eigenvalue weighted by molar-refractivity contribution is -0.129. The molecule has 3 aromatic rings. The number of amides is 1. The first-order valence-corrected chi connectivity index (χ1v) is 13.4. The molecule has 0 radical (unpaired) electrons. The van der Waals surface area contributed by atoms with Gasteiger partial charge < -0.3 is 9.80 Å². The summed E-state index contributed by atoms with van der Waals surface area (Å²) in [5, 5.41) is 1.15. The highest BCUT2D eigenvalue weighted by Gasteiger charge is 2.33. The summed E-state index contributed by atoms with van der Waals surface area (Å²) in [7, 11) is 0. The number of thioether (sulfide) groups is 1. The van der Waals surface area contributed by atoms with Gasteiger partial charge in [0.2, 0.25) is 5.91 Å². The Balaban J connectivity index is 1.52. The average molecular weight is 497 g/mol. The molecule has 0 aliphatic heterocycles. The van der Waals surface area contributed by atoms with Gasteiger partial charge in [0.25, 0.3) is 5.56 Å². The zero-order valence-electron chi connectivity index (χ0n) is 20.5. The number of para-hydroxylation sites is 1. The SMILES string of the molecule is CCN(CC)CCCn1c(SCC(=O)N(Cc2ccccc2F)C2CC2)nc2ccccc2c1=O. The second-order valence-corrected chi connectivity index (χ2v) is 9.82. The summed E-state index contributed by atoms with van der Waals surface area (Å²) < 4.78 is 15.9. The Bertz CT molecular complexity index is 1220. The van der Waals surface area contributed by atoms with Crippen molar-refractivity contribution in [3.63, 3.8) is 0 Å². The number of halogens is 1. The third-order valence-corrected chi connectivity index (χ3v) is 7.47. The number of aromatic nitrogens is 2. The summed E-state index contributed by atoms with van der Waals surface area (Å²) in [5.41, 5.74) is 1.09. The third-order valence-electron chi connectivity index (χ3n) is 6.51. The van der Waals surface area contributed by atoms with Crippen molar-refractivity contribution in [1.29, 1.82) is 0 Å². The van der Waals surface area contributed by atoms with Gasteiger partial charge in [-0.1, -0.05) is 55.9 Å². The topological polar surface area (TPSA) is 58.4 Å². The Morgan fingerprint density at radius 2 is 1.83 bits per heavy atom. The van der Waals surface area contributed by atoms with Crippen LogP contribution in [0.5, 0.6) is 0 Å². The summed E-state index contributed by atoms with van der Waals surface area (Å²) in [6.07, 6.45) is 2.70. The van der Waals surface area contributed by atoms with Crippen molar-refractivity contribution in [2.75, 3.05) is 25.4 Å². The van der Waals surface area contributed by atoms with Crippen molar-refractivity contribution < 1.29 is 9.18 Å². The molecule has 0 N–H and O–H groups in total. The van der Waals surface area contributed by atoms with E-state index >= 15 is 0 Å². The van der Waals surface area contributed by atoms with Crippen molar-refractivity contribution in [1.82, 2.24) is 19.4 Å². The minimum atomic E-state index is -0.295. The van der Waals surface area contributed by atoms with E-state index in [0.29, 0.717) is 28.2 Å². The fourth-order valence-electron chi connectivity index (χ4n) is 4.27. The molecule has 0 atom stereocenters. The molecule has 6 nitrogen and oxygen atoms in total. The van der Waals surface area contributed by atoms with Crippen LogP contribution in [0.2, 0.25) is 0 Å². The molecule has 1 amide bonds. The van der Waals surface area contributed by atoms with Crippen LogP contribution >= 0.6 is 11.8 Å². The number of hydrogen-bond donors (Lipinski definition) is 0. The number of nitrogens with zero attached hydrogens (tertiary/aromatic N) is 4. The highest BCUT2D eigenvalue weighted by molar-refractivity contribution is 7.99. The van der Waals surface area contributed by atoms with Gasteiger partial charge in [0.1, 0.15) is 5.82 Å². The van der Waals surface area contributed by atoms with Gasteiger partial charge in [-0.25, -0.2) is 9.37 Å². The number of fused-ring (bicyclic) bond motifs is 1. The first kappa shape index (κ1) is 25.4. The van der Waals surface area contributed by atoms with E-state index in [-0.39, 0.29) is 35.6 Å². The minimum Gasteiger partial charge on any atom is -0.335 e. The maximum atomic E-state index is 14.2. The molecule has 0 saturated heterocycles. The van der Waals surface area contributed by atoms with Gasteiger partial charge in [0.05, 0.1) is 16.7 Å². The van der Waals surface area contributed by atoms with E-state index in [1.807, 2.05) is 18.2 Å². The van der Waals surface area contributed by atoms with Gasteiger partial charge in [-0.2, -0.15) is 0 Å². The fraction of sp³-hybridized carbons (Fsp3) is 0.444. The Hall–Kier alpha value is -2.71. The van der Waals surface area contributed by atoms with E-state index < -0.39 is 0 Å². The van der Waals surface area contributed by atoms with Gasteiger partial charge in [-0.15, -0.1) is 0 Å². The molecule has 4 rings (SSSR count). The van der Waals surface area contributed by atoms with Crippen LogP contribution < -0.4 is 5.56 Å². The quantitative estimate of drug-likeness (QED) is 0.272. The van der Waals surface area contributed by atoms with E-state index in [4.69, 9.17) is 4.98 Å². The molecule has 1 aliphatic rings. The first-order valence-electron chi connectivity index (χ1n) is 12.4. The summed E-state index contributed by atoms with van der Waals surface area (Å²) in [6, 6.07) is 14.1. The molecule has 1 saturated carbocycles. The monoisotopic (exact) mass is 496 g/mol. The van der Waals surface area contributed by atoms with Gasteiger partial charge in [0.15, 0.2) is 5.16 Å². The van der Waals surface area contributed by atoms with Gasteiger partial charge in [-0.05, 0) is 57.1 Å². The minimum absolute atomic E-state index is 0.0575. The van der Waals surface area contributed by atoms with Crippen LogP contribution in [0.15, 0.2) is 58.5 Å². The molecular weight excluding hydrogens is 463 g/mol. The maximum absolute atomic E-state index is 14.2. The highest BCUT2D eigenvalue weighted by atomic mass is 32.2. The van der Waals surface area contributed by atoms with Crippen LogP contribution in [0.3, 0.4) is 0 Å². The largest absolute Gasteiger partial charge is 0.335 e. The fourth-order valence-corrected chi connectivity index (χ4v) is 5.19. The standard InChI is InChI=1S/C27H33FN4O2S/c1-3-30(4-2)16-9-17-31-26(34)22-11-6-8-13-24(22)29-27(31)35-19-25(33)32(21-14-15-21)18-20-10-5-7-12-23(20)28/h5-8,10-13,21H,3-4,9,14-19H2,1-2H3. The lowest BCUT2D eigenvalue weighted by atomic mass is 10.2. The van der Waals surface area contributed by atoms with Gasteiger partial charge in [0, 0.05) is 24.7 Å². The Morgan fingerprint density at radius 1 is 1.11 bits per heavy atom. The number of rotatable bonds is 12. The predicted octanol–water partition coefficient (Wildman–Crippen LogP) is 4.55. The molecule has 0 bridgehead atoms. The van der Waals surface area contributed by atoms with E-state index in [9.17, 15) is 14.0 Å². The zero-order valence-corrected chi connectivity index (χ0v) is 21.3. The molecule has 8 heteroatoms. The molecule has 1 aromatic heterocycles. The summed E-state index contributed by atoms with van der Waals surface area (Å²) in [4.78, 5) is 35.4. The van der Waals surface area contributed by atoms with Crippen LogP contribution in [0.4, 0.5) is 4.39 Å². The zero-order chi connectivity index (χ0) is 24.8. The molecule has 2 aromatic carbocycles. The molecule has 1 heterocycles. The molecule has 35 heavy (non-hydrogen) atoms. The second kappa shape index (κ2) is 11.8. The smallest absolute Gasteiger partial charge is 0.262 e. The van der Waals surface area contributed by atoms with Crippen molar-refractivity contribution in [3.05, 3.63) is 70.3 Å². The Morgan fingerprint density at radius 3 is 2.54 bits per heavy atom. The number of hydrogen-bond acceptors (Lipinski definition) is 5. The lowest BCUT2D eigenvalue weighted by Crippen LogP contribution is -2.34. The maximum Gasteiger partial charge on any atom is 0.262 e. The molecule has 0 unspecified atom stereocenters. The highest BCUT2D eigenvalue weighted by Crippen LogP contribution is 2.30. The van der Waals surface area contributed by atoms with Crippen molar-refractivity contribution >= 4 is 28.6 Å². The number of carbonyl (C=O) groups is 1. The van der Waals surface area contributed by atoms with E-state index in [0.717, 1.165) is 38.9 Å². The number of carbonyl (C=O) groups excluding carboxylic acids is 1. The van der Waals surface area contributed by atoms with Crippen molar-refractivity contribution in [3.8, 4) is 0 Å². The predicted molar refractivity (Wildman–Crippen MR) is 139 cm³/mol. The van der Waals surface area contributed by atoms with Crippen LogP contribution in [0, 0.1) is 5.82 Å². The molecule has 0 spiro atoms. The van der Waals surface area contributed by atoms with Gasteiger partial charge in [-0.3, -0.25) is 14.2 Å². The average Bonchev–Trinajstić information content (AvgIpc) is 3.71. The van der Waals surface area contributed by atoms with Crippen molar-refractivity contribution in [2.24, 2.45) is 0 Å². The van der Waals surface area contributed by atoms with Gasteiger partial charge >= 0.3 is 0 Å². The van der Waals surface area contributed by atoms with Crippen LogP contribution in [0.1, 0.15) is 38.7 Å². The molecule has 186 valence electrons. The lowest BCUT2D eigenvalue weighted by Gasteiger charge is -2.23. The van der Waals surface area contributed by atoms with E-state index in [1.165, 1.54) is 17.8 Å². The summed E-state index contributed by atoms with van der Waals surface area (Å²) in [6.45, 7) is 7.91. The summed E-state index contributed by atoms with van der Waals surface area (Å²) >= 11 is 1.30. The van der Waals surface area contributed by atoms with E-state index in [1.54, 1.807) is 33.7 Å². The Kier molecular flexibility index (Phi) is 8.57. The van der Waals surface area contributed by atoms with E-state index in [2.05, 4.69) is 18.7 Å². The van der Waals surface area contributed by atoms with Crippen LogP contribution in [-0.2, 0) is 17.9 Å². The van der Waals surface area contributed by atoms with Crippen LogP contribution in [-0.4, -0.2) is 56.7 Å².